The van der Waals surface area contributed by atoms with Gasteiger partial charge < -0.3 is 0 Å². The Morgan fingerprint density at radius 2 is 1.35 bits per heavy atom. The Morgan fingerprint density at radius 1 is 0.806 bits per heavy atom. The molecule has 0 unspecified atom stereocenters. The van der Waals surface area contributed by atoms with E-state index in [1.165, 1.54) is 23.6 Å². The number of benzene rings is 2. The monoisotopic (exact) mass is 410 g/mol. The highest BCUT2D eigenvalue weighted by Gasteiger charge is 2.27. The van der Waals surface area contributed by atoms with Crippen LogP contribution >= 0.6 is 0 Å². The molecule has 0 atom stereocenters. The molecule has 0 bridgehead atoms. The summed E-state index contributed by atoms with van der Waals surface area (Å²) in [5.74, 6) is -0.566. The fourth-order valence-electron chi connectivity index (χ4n) is 4.06. The Bertz CT molecular complexity index is 1050. The fraction of sp³-hybridized carbons (Fsp3) is 0.241. The Labute approximate surface area is 185 Å². The summed E-state index contributed by atoms with van der Waals surface area (Å²) in [5.41, 5.74) is 4.49. The highest BCUT2D eigenvalue weighted by atomic mass is 16.1. The molecule has 0 amide bonds. The average Bonchev–Trinajstić information content (AvgIpc) is 2.76. The van der Waals surface area contributed by atoms with E-state index in [1.54, 1.807) is 18.2 Å². The third kappa shape index (κ3) is 6.11. The molecule has 0 aliphatic heterocycles. The zero-order valence-electron chi connectivity index (χ0n) is 18.6. The van der Waals surface area contributed by atoms with Crippen molar-refractivity contribution in [3.63, 3.8) is 0 Å². The standard InChI is InChI=1S/C29H30O2/c1-22-11-10-20-29(2,3)26(22)17-19-28(31)25(21-24-14-8-5-9-15-24)27(30)18-16-23-12-6-4-7-13-23/h4-9,12-19,21H,10-11,20H2,1-3H3/b18-16+,19-17+,25-21-. The van der Waals surface area contributed by atoms with Gasteiger partial charge in [-0.05, 0) is 66.5 Å². The molecule has 1 aliphatic carbocycles. The van der Waals surface area contributed by atoms with E-state index < -0.39 is 0 Å². The van der Waals surface area contributed by atoms with Crippen molar-refractivity contribution < 1.29 is 9.59 Å². The van der Waals surface area contributed by atoms with Gasteiger partial charge in [0.05, 0.1) is 5.57 Å². The first kappa shape index (κ1) is 22.4. The molecule has 0 saturated carbocycles. The van der Waals surface area contributed by atoms with Crippen LogP contribution in [0.2, 0.25) is 0 Å². The van der Waals surface area contributed by atoms with Crippen molar-refractivity contribution in [3.8, 4) is 0 Å². The summed E-state index contributed by atoms with van der Waals surface area (Å²) < 4.78 is 0. The van der Waals surface area contributed by atoms with Crippen molar-refractivity contribution in [2.45, 2.75) is 40.0 Å². The molecule has 2 heteroatoms. The first-order chi connectivity index (χ1) is 14.9. The quantitative estimate of drug-likeness (QED) is 0.280. The second kappa shape index (κ2) is 10.2. The van der Waals surface area contributed by atoms with Crippen LogP contribution in [-0.2, 0) is 9.59 Å². The zero-order valence-corrected chi connectivity index (χ0v) is 18.6. The lowest BCUT2D eigenvalue weighted by Crippen LogP contribution is -2.19. The second-order valence-electron chi connectivity index (χ2n) is 8.71. The first-order valence-corrected chi connectivity index (χ1v) is 10.8. The summed E-state index contributed by atoms with van der Waals surface area (Å²) in [6.45, 7) is 6.57. The van der Waals surface area contributed by atoms with Crippen LogP contribution in [0.15, 0.2) is 95.6 Å². The minimum absolute atomic E-state index is 0.0413. The molecule has 0 aromatic heterocycles. The summed E-state index contributed by atoms with van der Waals surface area (Å²) in [4.78, 5) is 26.1. The molecule has 2 aromatic carbocycles. The van der Waals surface area contributed by atoms with Crippen LogP contribution in [0.1, 0.15) is 51.2 Å². The molecular formula is C29H30O2. The fourth-order valence-corrected chi connectivity index (χ4v) is 4.06. The second-order valence-corrected chi connectivity index (χ2v) is 8.71. The third-order valence-corrected chi connectivity index (χ3v) is 5.81. The Hall–Kier alpha value is -3.26. The predicted molar refractivity (Wildman–Crippen MR) is 129 cm³/mol. The minimum Gasteiger partial charge on any atom is -0.289 e. The van der Waals surface area contributed by atoms with Gasteiger partial charge in [-0.1, -0.05) is 92.2 Å². The maximum absolute atomic E-state index is 13.1. The van der Waals surface area contributed by atoms with E-state index in [0.29, 0.717) is 0 Å². The SMILES string of the molecule is CC1=C(/C=C/C(=O)/C(=C\c2ccccc2)C(=O)/C=C/c2ccccc2)C(C)(C)CCC1. The van der Waals surface area contributed by atoms with Crippen LogP contribution in [0.5, 0.6) is 0 Å². The van der Waals surface area contributed by atoms with Crippen molar-refractivity contribution in [1.82, 2.24) is 0 Å². The summed E-state index contributed by atoms with van der Waals surface area (Å²) in [5, 5.41) is 0. The maximum Gasteiger partial charge on any atom is 0.189 e. The molecule has 2 nitrogen and oxygen atoms in total. The van der Waals surface area contributed by atoms with Gasteiger partial charge in [-0.2, -0.15) is 0 Å². The Balaban J connectivity index is 1.91. The van der Waals surface area contributed by atoms with Gasteiger partial charge in [0.2, 0.25) is 0 Å². The highest BCUT2D eigenvalue weighted by Crippen LogP contribution is 2.40. The number of allylic oxidation sites excluding steroid dienone is 6. The Morgan fingerprint density at radius 3 is 1.94 bits per heavy atom. The summed E-state index contributed by atoms with van der Waals surface area (Å²) in [7, 11) is 0. The summed E-state index contributed by atoms with van der Waals surface area (Å²) in [6, 6.07) is 19.1. The van der Waals surface area contributed by atoms with Crippen LogP contribution in [0, 0.1) is 5.41 Å². The van der Waals surface area contributed by atoms with Crippen LogP contribution in [0.4, 0.5) is 0 Å². The zero-order chi connectivity index (χ0) is 22.3. The maximum atomic E-state index is 13.1. The van der Waals surface area contributed by atoms with Crippen molar-refractivity contribution in [2.24, 2.45) is 5.41 Å². The van der Waals surface area contributed by atoms with Crippen molar-refractivity contribution in [3.05, 3.63) is 107 Å². The highest BCUT2D eigenvalue weighted by molar-refractivity contribution is 6.30. The molecule has 0 heterocycles. The van der Waals surface area contributed by atoms with Crippen molar-refractivity contribution in [2.75, 3.05) is 0 Å². The molecule has 31 heavy (non-hydrogen) atoms. The normalized spacial score (nSPS) is 16.8. The number of rotatable bonds is 7. The molecule has 158 valence electrons. The van der Waals surface area contributed by atoms with E-state index in [9.17, 15) is 9.59 Å². The average molecular weight is 411 g/mol. The van der Waals surface area contributed by atoms with E-state index in [1.807, 2.05) is 66.7 Å². The van der Waals surface area contributed by atoms with E-state index in [0.717, 1.165) is 24.0 Å². The lowest BCUT2D eigenvalue weighted by molar-refractivity contribution is -0.116. The molecule has 0 fully saturated rings. The topological polar surface area (TPSA) is 34.1 Å². The van der Waals surface area contributed by atoms with Gasteiger partial charge in [-0.15, -0.1) is 0 Å². The molecule has 0 N–H and O–H groups in total. The minimum atomic E-state index is -0.295. The number of hydrogen-bond acceptors (Lipinski definition) is 2. The summed E-state index contributed by atoms with van der Waals surface area (Å²) >= 11 is 0. The third-order valence-electron chi connectivity index (χ3n) is 5.81. The van der Waals surface area contributed by atoms with Gasteiger partial charge in [-0.25, -0.2) is 0 Å². The summed E-state index contributed by atoms with van der Waals surface area (Å²) in [6.07, 6.45) is 11.7. The lowest BCUT2D eigenvalue weighted by atomic mass is 9.72. The van der Waals surface area contributed by atoms with Crippen LogP contribution in [0.25, 0.3) is 12.2 Å². The van der Waals surface area contributed by atoms with Gasteiger partial charge in [0.1, 0.15) is 0 Å². The van der Waals surface area contributed by atoms with Gasteiger partial charge >= 0.3 is 0 Å². The van der Waals surface area contributed by atoms with Gasteiger partial charge in [0.25, 0.3) is 0 Å². The van der Waals surface area contributed by atoms with Gasteiger partial charge in [0, 0.05) is 0 Å². The van der Waals surface area contributed by atoms with Gasteiger partial charge in [0.15, 0.2) is 11.6 Å². The molecule has 1 aliphatic rings. The van der Waals surface area contributed by atoms with Crippen LogP contribution in [0.3, 0.4) is 0 Å². The van der Waals surface area contributed by atoms with Crippen LogP contribution in [-0.4, -0.2) is 11.6 Å². The molecule has 2 aromatic rings. The molecule has 3 rings (SSSR count). The number of carbonyl (C=O) groups excluding carboxylic acids is 2. The van der Waals surface area contributed by atoms with Crippen LogP contribution < -0.4 is 0 Å². The largest absolute Gasteiger partial charge is 0.289 e. The van der Waals surface area contributed by atoms with E-state index in [-0.39, 0.29) is 22.6 Å². The Kier molecular flexibility index (Phi) is 7.36. The molecular weight excluding hydrogens is 380 g/mol. The van der Waals surface area contributed by atoms with Crippen molar-refractivity contribution >= 4 is 23.7 Å². The molecule has 0 saturated heterocycles. The predicted octanol–water partition coefficient (Wildman–Crippen LogP) is 7.00. The van der Waals surface area contributed by atoms with Gasteiger partial charge in [-0.3, -0.25) is 9.59 Å². The number of carbonyl (C=O) groups is 2. The van der Waals surface area contributed by atoms with E-state index in [2.05, 4.69) is 20.8 Å². The van der Waals surface area contributed by atoms with Crippen molar-refractivity contribution in [1.29, 1.82) is 0 Å². The number of ketones is 2. The first-order valence-electron chi connectivity index (χ1n) is 10.8. The number of hydrogen-bond donors (Lipinski definition) is 0. The van der Waals surface area contributed by atoms with E-state index in [4.69, 9.17) is 0 Å². The molecule has 0 radical (unpaired) electrons. The molecule has 0 spiro atoms. The smallest absolute Gasteiger partial charge is 0.189 e. The van der Waals surface area contributed by atoms with E-state index >= 15 is 0 Å². The lowest BCUT2D eigenvalue weighted by Gasteiger charge is -2.32.